The molecule has 0 radical (unpaired) electrons. The lowest BCUT2D eigenvalue weighted by Crippen LogP contribution is -2.96. The Bertz CT molecular complexity index is 1510. The van der Waals surface area contributed by atoms with E-state index < -0.39 is 0 Å². The molecule has 41 heavy (non-hydrogen) atoms. The molecule has 0 aliphatic heterocycles. The molecule has 5 bridgehead atoms. The van der Waals surface area contributed by atoms with Crippen molar-refractivity contribution in [3.8, 4) is 17.2 Å². The molecule has 1 spiro atoms. The van der Waals surface area contributed by atoms with Gasteiger partial charge in [0.25, 0.3) is 0 Å². The number of ether oxygens (including phenoxy) is 3. The first-order valence-corrected chi connectivity index (χ1v) is 14.8. The van der Waals surface area contributed by atoms with Gasteiger partial charge < -0.3 is 14.2 Å². The third kappa shape index (κ3) is 4.22. The molecular formula is C36H34NO4+. The van der Waals surface area contributed by atoms with E-state index >= 15 is 0 Å². The van der Waals surface area contributed by atoms with E-state index in [-0.39, 0.29) is 18.2 Å². The number of carbonyl (C=O) groups excluding carboxylic acids is 1. The molecule has 6 aliphatic rings. The summed E-state index contributed by atoms with van der Waals surface area (Å²) in [5.74, 6) is 4.03. The highest BCUT2D eigenvalue weighted by atomic mass is 16.6. The Morgan fingerprint density at radius 1 is 0.707 bits per heavy atom. The Morgan fingerprint density at radius 3 is 1.90 bits per heavy atom. The fraction of sp³-hybridized carbons (Fsp3) is 0.306. The van der Waals surface area contributed by atoms with Gasteiger partial charge in [-0.1, -0.05) is 36.4 Å². The van der Waals surface area contributed by atoms with Gasteiger partial charge in [0.15, 0.2) is 6.61 Å². The van der Waals surface area contributed by atoms with Gasteiger partial charge in [0.1, 0.15) is 39.9 Å². The number of quaternary nitrogens is 1. The lowest BCUT2D eigenvalue weighted by atomic mass is 9.26. The van der Waals surface area contributed by atoms with Gasteiger partial charge in [-0.3, -0.25) is 0 Å². The average Bonchev–Trinajstić information content (AvgIpc) is 2.98. The zero-order valence-corrected chi connectivity index (χ0v) is 23.0. The standard InChI is InChI=1S/C36H33NO4/c38-33(41-36-21-25-19-26-22-35(20-25,24-36)34(26)36)23-39-30-15-17-32(18-16-30)40-31-13-11-29(12-14-31)37(27-7-3-1-4-8-27)28-9-5-2-6-10-28/h1-18,25-26,34H,19-24H2/p+1. The van der Waals surface area contributed by atoms with E-state index in [0.717, 1.165) is 36.1 Å². The highest BCUT2D eigenvalue weighted by Crippen LogP contribution is 2.81. The van der Waals surface area contributed by atoms with Crippen LogP contribution in [0.2, 0.25) is 0 Å². The molecule has 6 saturated carbocycles. The Kier molecular flexibility index (Phi) is 5.71. The molecule has 5 atom stereocenters. The second kappa shape index (κ2) is 9.49. The highest BCUT2D eigenvalue weighted by Gasteiger charge is 2.79. The number of hydrogen-bond donors (Lipinski definition) is 1. The topological polar surface area (TPSA) is 49.2 Å². The predicted molar refractivity (Wildman–Crippen MR) is 156 cm³/mol. The summed E-state index contributed by atoms with van der Waals surface area (Å²) in [6.45, 7) is -0.0554. The second-order valence-corrected chi connectivity index (χ2v) is 12.5. The molecule has 6 fully saturated rings. The van der Waals surface area contributed by atoms with Crippen LogP contribution in [-0.4, -0.2) is 18.2 Å². The maximum absolute atomic E-state index is 12.7. The van der Waals surface area contributed by atoms with Crippen molar-refractivity contribution in [2.45, 2.75) is 37.7 Å². The van der Waals surface area contributed by atoms with Crippen molar-refractivity contribution in [1.29, 1.82) is 0 Å². The quantitative estimate of drug-likeness (QED) is 0.227. The molecule has 0 aromatic heterocycles. The third-order valence-corrected chi connectivity index (χ3v) is 9.98. The van der Waals surface area contributed by atoms with Crippen LogP contribution in [0.25, 0.3) is 0 Å². The van der Waals surface area contributed by atoms with Crippen LogP contribution in [0, 0.1) is 23.2 Å². The van der Waals surface area contributed by atoms with Gasteiger partial charge in [-0.15, -0.1) is 0 Å². The van der Waals surface area contributed by atoms with Crippen molar-refractivity contribution in [1.82, 2.24) is 0 Å². The fourth-order valence-electron chi connectivity index (χ4n) is 8.96. The maximum atomic E-state index is 12.7. The molecule has 1 N–H and O–H groups in total. The van der Waals surface area contributed by atoms with Crippen molar-refractivity contribution >= 4 is 23.0 Å². The maximum Gasteiger partial charge on any atom is 0.344 e. The number of para-hydroxylation sites is 2. The van der Waals surface area contributed by atoms with Gasteiger partial charge in [0.05, 0.1) is 0 Å². The van der Waals surface area contributed by atoms with Crippen molar-refractivity contribution in [3.05, 3.63) is 109 Å². The van der Waals surface area contributed by atoms with Gasteiger partial charge >= 0.3 is 5.97 Å². The van der Waals surface area contributed by atoms with Crippen LogP contribution in [0.3, 0.4) is 0 Å². The van der Waals surface area contributed by atoms with Crippen molar-refractivity contribution < 1.29 is 23.9 Å². The normalized spacial score (nSPS) is 28.4. The van der Waals surface area contributed by atoms with E-state index in [4.69, 9.17) is 14.2 Å². The van der Waals surface area contributed by atoms with Crippen LogP contribution in [0.4, 0.5) is 17.1 Å². The number of rotatable bonds is 9. The molecule has 0 saturated heterocycles. The molecular weight excluding hydrogens is 510 g/mol. The van der Waals surface area contributed by atoms with E-state index in [1.165, 1.54) is 35.5 Å². The zero-order valence-electron chi connectivity index (χ0n) is 23.0. The van der Waals surface area contributed by atoms with Gasteiger partial charge in [-0.25, -0.2) is 9.69 Å². The molecule has 206 valence electrons. The first-order chi connectivity index (χ1) is 20.1. The van der Waals surface area contributed by atoms with E-state index in [2.05, 4.69) is 60.7 Å². The number of nitrogens with one attached hydrogen (secondary N) is 1. The van der Waals surface area contributed by atoms with Gasteiger partial charge in [-0.2, -0.15) is 0 Å². The van der Waals surface area contributed by atoms with Crippen LogP contribution in [0.5, 0.6) is 17.2 Å². The molecule has 5 heteroatoms. The second-order valence-electron chi connectivity index (χ2n) is 12.5. The number of esters is 1. The average molecular weight is 545 g/mol. The molecule has 4 aromatic rings. The van der Waals surface area contributed by atoms with Crippen LogP contribution < -0.4 is 14.4 Å². The number of benzene rings is 4. The van der Waals surface area contributed by atoms with Crippen molar-refractivity contribution in [2.24, 2.45) is 23.2 Å². The largest absolute Gasteiger partial charge is 0.482 e. The van der Waals surface area contributed by atoms with Crippen molar-refractivity contribution in [2.75, 3.05) is 6.61 Å². The summed E-state index contributed by atoms with van der Waals surface area (Å²) in [7, 11) is 0. The van der Waals surface area contributed by atoms with Crippen LogP contribution in [-0.2, 0) is 9.53 Å². The summed E-state index contributed by atoms with van der Waals surface area (Å²) in [6, 6.07) is 36.5. The summed E-state index contributed by atoms with van der Waals surface area (Å²) in [5.41, 5.74) is 3.81. The Balaban J connectivity index is 0.884. The summed E-state index contributed by atoms with van der Waals surface area (Å²) in [6.07, 6.45) is 6.22. The minimum atomic E-state index is -0.241. The number of carbonyl (C=O) groups is 1. The SMILES string of the molecule is O=C(COc1ccc(Oc2ccc([NH+](c3ccccc3)c3ccccc3)cc2)cc1)OC12CC3CC4CC(C3)(C1)C42. The molecule has 6 aliphatic carbocycles. The predicted octanol–water partition coefficient (Wildman–Crippen LogP) is 7.16. The molecule has 0 amide bonds. The van der Waals surface area contributed by atoms with E-state index in [1.807, 2.05) is 48.5 Å². The fourth-order valence-corrected chi connectivity index (χ4v) is 8.96. The molecule has 4 aromatic carbocycles. The monoisotopic (exact) mass is 544 g/mol. The Morgan fingerprint density at radius 2 is 1.29 bits per heavy atom. The van der Waals surface area contributed by atoms with Crippen LogP contribution in [0.1, 0.15) is 32.1 Å². The summed E-state index contributed by atoms with van der Waals surface area (Å²) in [5, 5.41) is 0. The van der Waals surface area contributed by atoms with Gasteiger partial charge in [0.2, 0.25) is 0 Å². The molecule has 5 nitrogen and oxygen atoms in total. The number of hydrogen-bond acceptors (Lipinski definition) is 4. The van der Waals surface area contributed by atoms with Gasteiger partial charge in [0, 0.05) is 18.1 Å². The first-order valence-electron chi connectivity index (χ1n) is 14.8. The van der Waals surface area contributed by atoms with Crippen LogP contribution >= 0.6 is 0 Å². The summed E-state index contributed by atoms with van der Waals surface area (Å²) >= 11 is 0. The van der Waals surface area contributed by atoms with Gasteiger partial charge in [-0.05, 0) is 110 Å². The van der Waals surface area contributed by atoms with E-state index in [1.54, 1.807) is 0 Å². The van der Waals surface area contributed by atoms with Crippen LogP contribution in [0.15, 0.2) is 109 Å². The Labute approximate surface area is 240 Å². The summed E-state index contributed by atoms with van der Waals surface area (Å²) < 4.78 is 18.0. The minimum absolute atomic E-state index is 0.0554. The molecule has 10 rings (SSSR count). The molecule has 5 unspecified atom stereocenters. The molecule has 0 heterocycles. The van der Waals surface area contributed by atoms with E-state index in [9.17, 15) is 4.79 Å². The summed E-state index contributed by atoms with van der Waals surface area (Å²) in [4.78, 5) is 13.9. The lowest BCUT2D eigenvalue weighted by Gasteiger charge is -2.80. The lowest BCUT2D eigenvalue weighted by molar-refractivity contribution is -0.681. The minimum Gasteiger partial charge on any atom is -0.482 e. The smallest absolute Gasteiger partial charge is 0.344 e. The third-order valence-electron chi connectivity index (χ3n) is 9.98. The first kappa shape index (κ1) is 24.7. The highest BCUT2D eigenvalue weighted by molar-refractivity contribution is 5.72. The van der Waals surface area contributed by atoms with Crippen molar-refractivity contribution in [3.63, 3.8) is 0 Å². The Hall–Kier alpha value is -4.09. The van der Waals surface area contributed by atoms with E-state index in [0.29, 0.717) is 22.8 Å². The zero-order chi connectivity index (χ0) is 27.4.